The molecule has 1 aliphatic rings. The summed E-state index contributed by atoms with van der Waals surface area (Å²) < 4.78 is 5.36. The van der Waals surface area contributed by atoms with Crippen molar-refractivity contribution in [2.24, 2.45) is 0 Å². The van der Waals surface area contributed by atoms with E-state index in [4.69, 9.17) is 4.74 Å². The van der Waals surface area contributed by atoms with Crippen molar-refractivity contribution in [1.82, 2.24) is 9.88 Å². The first-order valence-corrected chi connectivity index (χ1v) is 9.43. The molecule has 6 heteroatoms. The van der Waals surface area contributed by atoms with Crippen molar-refractivity contribution in [1.29, 1.82) is 0 Å². The molecule has 0 fully saturated rings. The van der Waals surface area contributed by atoms with Crippen molar-refractivity contribution in [2.75, 3.05) is 12.4 Å². The van der Waals surface area contributed by atoms with E-state index >= 15 is 0 Å². The lowest BCUT2D eigenvalue weighted by molar-refractivity contribution is 0.0689. The number of aryl methyl sites for hydroxylation is 1. The number of carbonyl (C=O) groups excluding carboxylic acids is 1. The average molecular weight is 367 g/mol. The number of pyridine rings is 1. The van der Waals surface area contributed by atoms with Crippen molar-refractivity contribution in [3.05, 3.63) is 58.1 Å². The molecule has 1 aromatic carbocycles. The van der Waals surface area contributed by atoms with Gasteiger partial charge in [-0.15, -0.1) is 11.3 Å². The van der Waals surface area contributed by atoms with Gasteiger partial charge in [0.1, 0.15) is 9.71 Å². The largest absolute Gasteiger partial charge is 0.380 e. The van der Waals surface area contributed by atoms with E-state index in [0.29, 0.717) is 13.2 Å². The Balaban J connectivity index is 1.78. The fraction of sp³-hybridized carbons (Fsp3) is 0.300. The maximum atomic E-state index is 13.2. The molecule has 3 aromatic rings. The lowest BCUT2D eigenvalue weighted by Gasteiger charge is -2.34. The van der Waals surface area contributed by atoms with Crippen LogP contribution in [0.4, 0.5) is 5.69 Å². The normalized spacial score (nSPS) is 16.7. The molecule has 5 nitrogen and oxygen atoms in total. The smallest absolute Gasteiger partial charge is 0.268 e. The number of carbonyl (C=O) groups is 1. The molecule has 0 aliphatic carbocycles. The third-order valence-corrected chi connectivity index (χ3v) is 5.71. The number of methoxy groups -OCH3 is 1. The molecule has 1 aliphatic heterocycles. The maximum Gasteiger partial charge on any atom is 0.268 e. The number of aromatic nitrogens is 1. The van der Waals surface area contributed by atoms with Gasteiger partial charge in [-0.05, 0) is 31.0 Å². The first-order valence-electron chi connectivity index (χ1n) is 8.62. The second-order valence-electron chi connectivity index (χ2n) is 6.58. The number of amides is 1. The van der Waals surface area contributed by atoms with E-state index in [1.165, 1.54) is 11.3 Å². The average Bonchev–Trinajstić information content (AvgIpc) is 2.98. The predicted molar refractivity (Wildman–Crippen MR) is 104 cm³/mol. The van der Waals surface area contributed by atoms with Gasteiger partial charge >= 0.3 is 0 Å². The Hall–Kier alpha value is -2.44. The van der Waals surface area contributed by atoms with Crippen LogP contribution in [0.15, 0.2) is 36.4 Å². The van der Waals surface area contributed by atoms with Gasteiger partial charge in [-0.3, -0.25) is 4.79 Å². The fourth-order valence-corrected chi connectivity index (χ4v) is 4.64. The molecule has 2 aromatic heterocycles. The van der Waals surface area contributed by atoms with Crippen LogP contribution in [-0.4, -0.2) is 29.1 Å². The second kappa shape index (κ2) is 6.70. The number of nitrogens with zero attached hydrogens (tertiary/aromatic N) is 2. The molecule has 4 rings (SSSR count). The standard InChI is InChI=1S/C20H21N3O2S/c1-12-9-15(11-25-3)16-17-18(26-19(16)21-12)20(24)23(13(2)22-17)10-14-7-5-4-6-8-14/h4-9,13,22H,10-11H2,1-3H3/t13-/m1/s1. The van der Waals surface area contributed by atoms with E-state index in [9.17, 15) is 4.79 Å². The summed E-state index contributed by atoms with van der Waals surface area (Å²) in [6, 6.07) is 12.1. The van der Waals surface area contributed by atoms with Gasteiger partial charge in [0.05, 0.1) is 18.5 Å². The van der Waals surface area contributed by atoms with Gasteiger partial charge in [0.15, 0.2) is 0 Å². The van der Waals surface area contributed by atoms with Crippen molar-refractivity contribution < 1.29 is 9.53 Å². The number of hydrogen-bond donors (Lipinski definition) is 1. The van der Waals surface area contributed by atoms with E-state index < -0.39 is 0 Å². The lowest BCUT2D eigenvalue weighted by Crippen LogP contribution is -2.45. The third kappa shape index (κ3) is 2.85. The molecule has 26 heavy (non-hydrogen) atoms. The van der Waals surface area contributed by atoms with Crippen LogP contribution in [0.5, 0.6) is 0 Å². The van der Waals surface area contributed by atoms with Crippen molar-refractivity contribution >= 4 is 33.1 Å². The van der Waals surface area contributed by atoms with Gasteiger partial charge in [-0.1, -0.05) is 30.3 Å². The van der Waals surface area contributed by atoms with Crippen molar-refractivity contribution in [3.8, 4) is 0 Å². The number of rotatable bonds is 4. The number of ether oxygens (including phenoxy) is 1. The quantitative estimate of drug-likeness (QED) is 0.752. The van der Waals surface area contributed by atoms with Crippen LogP contribution in [-0.2, 0) is 17.9 Å². The van der Waals surface area contributed by atoms with Gasteiger partial charge in [-0.25, -0.2) is 4.98 Å². The first kappa shape index (κ1) is 17.0. The molecule has 1 atom stereocenters. The molecular formula is C20H21N3O2S. The third-order valence-electron chi connectivity index (χ3n) is 4.64. The molecular weight excluding hydrogens is 346 g/mol. The summed E-state index contributed by atoms with van der Waals surface area (Å²) in [5.41, 5.74) is 4.01. The molecule has 0 spiro atoms. The van der Waals surface area contributed by atoms with Gasteiger partial charge in [0.2, 0.25) is 0 Å². The predicted octanol–water partition coefficient (Wildman–Crippen LogP) is 4.17. The Morgan fingerprint density at radius 3 is 2.81 bits per heavy atom. The molecule has 0 radical (unpaired) electrons. The SMILES string of the molecule is COCc1cc(C)nc2sc3c(c12)N[C@@H](C)N(Cc1ccccc1)C3=O. The van der Waals surface area contributed by atoms with Crippen LogP contribution < -0.4 is 5.32 Å². The number of thiophene rings is 1. The van der Waals surface area contributed by atoms with Crippen molar-refractivity contribution in [2.45, 2.75) is 33.2 Å². The van der Waals surface area contributed by atoms with E-state index in [2.05, 4.69) is 10.3 Å². The van der Waals surface area contributed by atoms with Crippen LogP contribution >= 0.6 is 11.3 Å². The molecule has 0 saturated heterocycles. The highest BCUT2D eigenvalue weighted by atomic mass is 32.1. The minimum atomic E-state index is -0.0929. The zero-order valence-electron chi connectivity index (χ0n) is 15.1. The van der Waals surface area contributed by atoms with Crippen LogP contribution in [0, 0.1) is 6.92 Å². The van der Waals surface area contributed by atoms with Gasteiger partial charge < -0.3 is 15.0 Å². The molecule has 134 valence electrons. The summed E-state index contributed by atoms with van der Waals surface area (Å²) in [5.74, 6) is 0.0547. The molecule has 3 heterocycles. The van der Waals surface area contributed by atoms with Crippen molar-refractivity contribution in [3.63, 3.8) is 0 Å². The molecule has 0 unspecified atom stereocenters. The zero-order chi connectivity index (χ0) is 18.3. The fourth-order valence-electron chi connectivity index (χ4n) is 3.45. The summed E-state index contributed by atoms with van der Waals surface area (Å²) in [6.07, 6.45) is -0.0929. The Bertz CT molecular complexity index is 968. The number of fused-ring (bicyclic) bond motifs is 3. The van der Waals surface area contributed by atoms with Crippen LogP contribution in [0.2, 0.25) is 0 Å². The Labute approximate surface area is 156 Å². The van der Waals surface area contributed by atoms with Gasteiger partial charge in [0, 0.05) is 24.7 Å². The Kier molecular flexibility index (Phi) is 4.38. The second-order valence-corrected chi connectivity index (χ2v) is 7.58. The number of hydrogen-bond acceptors (Lipinski definition) is 5. The number of anilines is 1. The highest BCUT2D eigenvalue weighted by Crippen LogP contribution is 2.41. The van der Waals surface area contributed by atoms with E-state index in [-0.39, 0.29) is 12.1 Å². The lowest BCUT2D eigenvalue weighted by atomic mass is 10.1. The van der Waals surface area contributed by atoms with Crippen LogP contribution in [0.25, 0.3) is 10.2 Å². The van der Waals surface area contributed by atoms with Gasteiger partial charge in [-0.2, -0.15) is 0 Å². The van der Waals surface area contributed by atoms with E-state index in [1.54, 1.807) is 7.11 Å². The summed E-state index contributed by atoms with van der Waals surface area (Å²) in [4.78, 5) is 21.3. The summed E-state index contributed by atoms with van der Waals surface area (Å²) in [7, 11) is 1.68. The summed E-state index contributed by atoms with van der Waals surface area (Å²) >= 11 is 1.46. The maximum absolute atomic E-state index is 13.2. The van der Waals surface area contributed by atoms with E-state index in [0.717, 1.165) is 37.6 Å². The Morgan fingerprint density at radius 1 is 1.31 bits per heavy atom. The van der Waals surface area contributed by atoms with Crippen LogP contribution in [0.3, 0.4) is 0 Å². The monoisotopic (exact) mass is 367 g/mol. The zero-order valence-corrected chi connectivity index (χ0v) is 15.9. The topological polar surface area (TPSA) is 54.5 Å². The highest BCUT2D eigenvalue weighted by Gasteiger charge is 2.33. The molecule has 0 saturated carbocycles. The first-order chi connectivity index (χ1) is 12.6. The highest BCUT2D eigenvalue weighted by molar-refractivity contribution is 7.21. The molecule has 0 bridgehead atoms. The van der Waals surface area contributed by atoms with E-state index in [1.807, 2.05) is 55.1 Å². The Morgan fingerprint density at radius 2 is 2.08 bits per heavy atom. The number of nitrogens with one attached hydrogen (secondary N) is 1. The summed E-state index contributed by atoms with van der Waals surface area (Å²) in [5, 5.41) is 4.53. The number of benzene rings is 1. The minimum absolute atomic E-state index is 0.0547. The van der Waals surface area contributed by atoms with Crippen LogP contribution in [0.1, 0.15) is 33.4 Å². The van der Waals surface area contributed by atoms with Gasteiger partial charge in [0.25, 0.3) is 5.91 Å². The minimum Gasteiger partial charge on any atom is -0.380 e. The molecule has 1 N–H and O–H groups in total. The summed E-state index contributed by atoms with van der Waals surface area (Å²) in [6.45, 7) is 5.07. The molecule has 1 amide bonds.